The maximum atomic E-state index is 11.5. The summed E-state index contributed by atoms with van der Waals surface area (Å²) in [5.74, 6) is 0. The molecular formula is C11H10N2O. The second kappa shape index (κ2) is 3.46. The zero-order chi connectivity index (χ0) is 9.97. The lowest BCUT2D eigenvalue weighted by Crippen LogP contribution is -2.15. The van der Waals surface area contributed by atoms with Gasteiger partial charge in [0.1, 0.15) is 0 Å². The average molecular weight is 186 g/mol. The van der Waals surface area contributed by atoms with Crippen molar-refractivity contribution in [2.24, 2.45) is 0 Å². The number of para-hydroxylation sites is 2. The minimum atomic E-state index is -0.109. The van der Waals surface area contributed by atoms with Gasteiger partial charge in [-0.1, -0.05) is 18.2 Å². The summed E-state index contributed by atoms with van der Waals surface area (Å²) in [6, 6.07) is 7.56. The smallest absolute Gasteiger partial charge is 0.273 e. The van der Waals surface area contributed by atoms with E-state index in [0.717, 1.165) is 11.0 Å². The van der Waals surface area contributed by atoms with Crippen LogP contribution in [-0.2, 0) is 0 Å². The zero-order valence-corrected chi connectivity index (χ0v) is 7.84. The quantitative estimate of drug-likeness (QED) is 0.681. The molecule has 0 aliphatic heterocycles. The first-order chi connectivity index (χ1) is 6.83. The number of hydrogen-bond acceptors (Lipinski definition) is 2. The van der Waals surface area contributed by atoms with Gasteiger partial charge >= 0.3 is 0 Å². The SMILES string of the molecule is CC=Cn1c(=O)cnc2ccccc21. The van der Waals surface area contributed by atoms with E-state index < -0.39 is 0 Å². The molecule has 0 aliphatic rings. The number of rotatable bonds is 1. The molecule has 14 heavy (non-hydrogen) atoms. The summed E-state index contributed by atoms with van der Waals surface area (Å²) >= 11 is 0. The molecule has 1 heterocycles. The maximum Gasteiger partial charge on any atom is 0.273 e. The van der Waals surface area contributed by atoms with Crippen LogP contribution in [0.3, 0.4) is 0 Å². The van der Waals surface area contributed by atoms with Crippen molar-refractivity contribution in [3.05, 3.63) is 46.9 Å². The molecule has 0 saturated carbocycles. The topological polar surface area (TPSA) is 34.9 Å². The Morgan fingerprint density at radius 2 is 2.14 bits per heavy atom. The van der Waals surface area contributed by atoms with Gasteiger partial charge in [0.15, 0.2) is 0 Å². The standard InChI is InChI=1S/C11H10N2O/c1-2-7-13-10-6-4-3-5-9(10)12-8-11(13)14/h2-8H,1H3. The van der Waals surface area contributed by atoms with Crippen LogP contribution in [0.1, 0.15) is 6.92 Å². The molecule has 0 spiro atoms. The van der Waals surface area contributed by atoms with E-state index in [4.69, 9.17) is 0 Å². The third-order valence-corrected chi connectivity index (χ3v) is 1.99. The largest absolute Gasteiger partial charge is 0.281 e. The highest BCUT2D eigenvalue weighted by Gasteiger charge is 1.99. The van der Waals surface area contributed by atoms with Crippen molar-refractivity contribution in [2.45, 2.75) is 6.92 Å². The van der Waals surface area contributed by atoms with Gasteiger partial charge in [0.05, 0.1) is 17.2 Å². The van der Waals surface area contributed by atoms with Crippen LogP contribution < -0.4 is 5.56 Å². The van der Waals surface area contributed by atoms with Crippen molar-refractivity contribution in [1.82, 2.24) is 9.55 Å². The molecule has 0 fully saturated rings. The fraction of sp³-hybridized carbons (Fsp3) is 0.0909. The highest BCUT2D eigenvalue weighted by molar-refractivity contribution is 5.76. The Labute approximate surface area is 81.3 Å². The summed E-state index contributed by atoms with van der Waals surface area (Å²) in [6.07, 6.45) is 4.91. The van der Waals surface area contributed by atoms with Crippen molar-refractivity contribution in [3.63, 3.8) is 0 Å². The molecule has 0 unspecified atom stereocenters. The van der Waals surface area contributed by atoms with Crippen LogP contribution in [0.4, 0.5) is 0 Å². The Balaban J connectivity index is 2.89. The normalized spacial score (nSPS) is 11.2. The number of benzene rings is 1. The van der Waals surface area contributed by atoms with E-state index in [9.17, 15) is 4.79 Å². The van der Waals surface area contributed by atoms with Gasteiger partial charge in [-0.05, 0) is 19.1 Å². The van der Waals surface area contributed by atoms with E-state index in [1.807, 2.05) is 37.3 Å². The van der Waals surface area contributed by atoms with E-state index >= 15 is 0 Å². The van der Waals surface area contributed by atoms with Gasteiger partial charge in [-0.2, -0.15) is 0 Å². The fourth-order valence-corrected chi connectivity index (χ4v) is 1.39. The third-order valence-electron chi connectivity index (χ3n) is 1.99. The predicted molar refractivity (Wildman–Crippen MR) is 57.0 cm³/mol. The lowest BCUT2D eigenvalue weighted by molar-refractivity contribution is 1.08. The molecule has 0 bridgehead atoms. The molecule has 0 aliphatic carbocycles. The Morgan fingerprint density at radius 3 is 2.93 bits per heavy atom. The molecule has 0 atom stereocenters. The van der Waals surface area contributed by atoms with Crippen molar-refractivity contribution in [3.8, 4) is 0 Å². The first-order valence-corrected chi connectivity index (χ1v) is 4.42. The molecule has 0 N–H and O–H groups in total. The first kappa shape index (κ1) is 8.69. The number of hydrogen-bond donors (Lipinski definition) is 0. The number of aromatic nitrogens is 2. The monoisotopic (exact) mass is 186 g/mol. The van der Waals surface area contributed by atoms with Crippen LogP contribution in [0.15, 0.2) is 41.3 Å². The van der Waals surface area contributed by atoms with Gasteiger partial charge in [-0.15, -0.1) is 0 Å². The van der Waals surface area contributed by atoms with Crippen LogP contribution in [0, 0.1) is 0 Å². The fourth-order valence-electron chi connectivity index (χ4n) is 1.39. The third kappa shape index (κ3) is 1.33. The molecule has 0 radical (unpaired) electrons. The van der Waals surface area contributed by atoms with Gasteiger partial charge in [0.2, 0.25) is 0 Å². The average Bonchev–Trinajstić information content (AvgIpc) is 2.23. The van der Waals surface area contributed by atoms with E-state index in [-0.39, 0.29) is 5.56 Å². The van der Waals surface area contributed by atoms with Gasteiger partial charge in [0.25, 0.3) is 5.56 Å². The van der Waals surface area contributed by atoms with Crippen molar-refractivity contribution in [2.75, 3.05) is 0 Å². The summed E-state index contributed by atoms with van der Waals surface area (Å²) in [5, 5.41) is 0. The van der Waals surface area contributed by atoms with Crippen LogP contribution in [0.2, 0.25) is 0 Å². The van der Waals surface area contributed by atoms with E-state index in [0.29, 0.717) is 0 Å². The molecule has 70 valence electrons. The number of fused-ring (bicyclic) bond motifs is 1. The summed E-state index contributed by atoms with van der Waals surface area (Å²) in [5.41, 5.74) is 1.55. The van der Waals surface area contributed by atoms with Crippen LogP contribution >= 0.6 is 0 Å². The van der Waals surface area contributed by atoms with E-state index in [1.54, 1.807) is 10.8 Å². The molecule has 2 aromatic rings. The lowest BCUT2D eigenvalue weighted by atomic mass is 10.3. The summed E-state index contributed by atoms with van der Waals surface area (Å²) in [6.45, 7) is 1.88. The van der Waals surface area contributed by atoms with Crippen molar-refractivity contribution >= 4 is 17.2 Å². The second-order valence-electron chi connectivity index (χ2n) is 2.94. The lowest BCUT2D eigenvalue weighted by Gasteiger charge is -2.02. The Morgan fingerprint density at radius 1 is 1.36 bits per heavy atom. The Bertz CT molecular complexity index is 540. The molecule has 1 aromatic carbocycles. The minimum Gasteiger partial charge on any atom is -0.281 e. The first-order valence-electron chi connectivity index (χ1n) is 4.42. The van der Waals surface area contributed by atoms with Crippen LogP contribution in [0.25, 0.3) is 17.2 Å². The molecule has 1 aromatic heterocycles. The molecule has 0 saturated heterocycles. The Kier molecular flexibility index (Phi) is 2.14. The Hall–Kier alpha value is -1.90. The molecule has 3 nitrogen and oxygen atoms in total. The molecule has 3 heteroatoms. The van der Waals surface area contributed by atoms with Crippen molar-refractivity contribution < 1.29 is 0 Å². The summed E-state index contributed by atoms with van der Waals surface area (Å²) in [4.78, 5) is 15.5. The van der Waals surface area contributed by atoms with Crippen molar-refractivity contribution in [1.29, 1.82) is 0 Å². The number of nitrogens with zero attached hydrogens (tertiary/aromatic N) is 2. The van der Waals surface area contributed by atoms with E-state index in [1.165, 1.54) is 6.20 Å². The molecule has 0 amide bonds. The van der Waals surface area contributed by atoms with Gasteiger partial charge in [0, 0.05) is 6.20 Å². The van der Waals surface area contributed by atoms with Crippen LogP contribution in [-0.4, -0.2) is 9.55 Å². The molecular weight excluding hydrogens is 176 g/mol. The maximum absolute atomic E-state index is 11.5. The summed E-state index contributed by atoms with van der Waals surface area (Å²) < 4.78 is 1.59. The van der Waals surface area contributed by atoms with Gasteiger partial charge in [-0.25, -0.2) is 4.98 Å². The zero-order valence-electron chi connectivity index (χ0n) is 7.84. The van der Waals surface area contributed by atoms with Gasteiger partial charge < -0.3 is 0 Å². The van der Waals surface area contributed by atoms with Crippen LogP contribution in [0.5, 0.6) is 0 Å². The highest BCUT2D eigenvalue weighted by Crippen LogP contribution is 2.07. The summed E-state index contributed by atoms with van der Waals surface area (Å²) in [7, 11) is 0. The minimum absolute atomic E-state index is 0.109. The predicted octanol–water partition coefficient (Wildman–Crippen LogP) is 1.89. The number of allylic oxidation sites excluding steroid dienone is 1. The van der Waals surface area contributed by atoms with Gasteiger partial charge in [-0.3, -0.25) is 9.36 Å². The second-order valence-corrected chi connectivity index (χ2v) is 2.94. The highest BCUT2D eigenvalue weighted by atomic mass is 16.1. The molecule has 2 rings (SSSR count). The van der Waals surface area contributed by atoms with E-state index in [2.05, 4.69) is 4.98 Å².